The molecule has 0 bridgehead atoms. The lowest BCUT2D eigenvalue weighted by atomic mass is 10.0. The second-order valence-corrected chi connectivity index (χ2v) is 4.73. The van der Waals surface area contributed by atoms with E-state index in [2.05, 4.69) is 0 Å². The fourth-order valence-corrected chi connectivity index (χ4v) is 2.13. The Kier molecular flexibility index (Phi) is 4.00. The quantitative estimate of drug-likeness (QED) is 0.825. The summed E-state index contributed by atoms with van der Waals surface area (Å²) in [4.78, 5) is 0. The van der Waals surface area contributed by atoms with Gasteiger partial charge in [0.2, 0.25) is 0 Å². The van der Waals surface area contributed by atoms with Crippen molar-refractivity contribution in [1.82, 2.24) is 0 Å². The molecule has 3 heteroatoms. The van der Waals surface area contributed by atoms with Crippen molar-refractivity contribution in [3.63, 3.8) is 0 Å². The van der Waals surface area contributed by atoms with Crippen molar-refractivity contribution in [3.05, 3.63) is 29.6 Å². The number of rotatable bonds is 6. The smallest absolute Gasteiger partial charge is 0.168 e. The van der Waals surface area contributed by atoms with E-state index < -0.39 is 0 Å². The van der Waals surface area contributed by atoms with E-state index in [9.17, 15) is 9.50 Å². The lowest BCUT2D eigenvalue weighted by Crippen LogP contribution is -2.09. The van der Waals surface area contributed by atoms with Crippen LogP contribution < -0.4 is 4.74 Å². The van der Waals surface area contributed by atoms with Gasteiger partial charge in [-0.2, -0.15) is 0 Å². The maximum Gasteiger partial charge on any atom is 0.168 e. The number of benzene rings is 1. The molecule has 94 valence electrons. The predicted molar refractivity (Wildman–Crippen MR) is 64.6 cm³/mol. The molecule has 2 nitrogen and oxygen atoms in total. The average Bonchev–Trinajstić information content (AvgIpc) is 3.15. The molecule has 1 aromatic rings. The van der Waals surface area contributed by atoms with Crippen molar-refractivity contribution >= 4 is 0 Å². The molecule has 1 saturated carbocycles. The van der Waals surface area contributed by atoms with Crippen LogP contribution in [0.15, 0.2) is 18.2 Å². The van der Waals surface area contributed by atoms with Crippen LogP contribution in [-0.4, -0.2) is 18.3 Å². The van der Waals surface area contributed by atoms with Crippen molar-refractivity contribution in [3.8, 4) is 5.75 Å². The lowest BCUT2D eigenvalue weighted by Gasteiger charge is -2.10. The summed E-state index contributed by atoms with van der Waals surface area (Å²) in [5.74, 6) is 0.534. The first-order valence-electron chi connectivity index (χ1n) is 6.22. The van der Waals surface area contributed by atoms with Crippen molar-refractivity contribution < 1.29 is 14.2 Å². The van der Waals surface area contributed by atoms with Gasteiger partial charge in [-0.1, -0.05) is 12.1 Å². The van der Waals surface area contributed by atoms with Crippen molar-refractivity contribution in [2.75, 3.05) is 7.11 Å². The van der Waals surface area contributed by atoms with E-state index >= 15 is 0 Å². The monoisotopic (exact) mass is 238 g/mol. The van der Waals surface area contributed by atoms with Crippen LogP contribution in [0.4, 0.5) is 4.39 Å². The molecule has 0 aromatic heterocycles. The third-order valence-corrected chi connectivity index (χ3v) is 3.38. The second kappa shape index (κ2) is 5.50. The highest BCUT2D eigenvalue weighted by Crippen LogP contribution is 2.34. The first kappa shape index (κ1) is 12.4. The maximum absolute atomic E-state index is 13.8. The van der Waals surface area contributed by atoms with Crippen LogP contribution >= 0.6 is 0 Å². The molecule has 1 atom stereocenters. The number of methoxy groups -OCH3 is 1. The second-order valence-electron chi connectivity index (χ2n) is 4.73. The number of aliphatic hydroxyl groups is 1. The number of aryl methyl sites for hydroxylation is 1. The summed E-state index contributed by atoms with van der Waals surface area (Å²) < 4.78 is 18.7. The van der Waals surface area contributed by atoms with Gasteiger partial charge in [-0.3, -0.25) is 0 Å². The Labute approximate surface area is 101 Å². The summed E-state index contributed by atoms with van der Waals surface area (Å²) in [5, 5.41) is 9.72. The topological polar surface area (TPSA) is 29.5 Å². The van der Waals surface area contributed by atoms with E-state index in [0.29, 0.717) is 23.7 Å². The number of hydrogen-bond donors (Lipinski definition) is 1. The first-order valence-corrected chi connectivity index (χ1v) is 6.22. The van der Waals surface area contributed by atoms with Gasteiger partial charge in [0.15, 0.2) is 11.6 Å². The zero-order valence-electron chi connectivity index (χ0n) is 10.2. The Morgan fingerprint density at radius 1 is 1.47 bits per heavy atom. The Bertz CT molecular complexity index is 374. The SMILES string of the molecule is COc1cccc(CCCC(O)C2CC2)c1F. The molecule has 0 amide bonds. The molecule has 0 aliphatic heterocycles. The number of hydrogen-bond acceptors (Lipinski definition) is 2. The Balaban J connectivity index is 1.85. The van der Waals surface area contributed by atoms with E-state index in [4.69, 9.17) is 4.74 Å². The zero-order chi connectivity index (χ0) is 12.3. The van der Waals surface area contributed by atoms with Crippen LogP contribution in [0.3, 0.4) is 0 Å². The zero-order valence-corrected chi connectivity index (χ0v) is 10.2. The van der Waals surface area contributed by atoms with Crippen LogP contribution in [0.5, 0.6) is 5.75 Å². The Morgan fingerprint density at radius 3 is 2.88 bits per heavy atom. The van der Waals surface area contributed by atoms with Crippen molar-refractivity contribution in [1.29, 1.82) is 0 Å². The van der Waals surface area contributed by atoms with Gasteiger partial charge in [0.05, 0.1) is 13.2 Å². The maximum atomic E-state index is 13.8. The van der Waals surface area contributed by atoms with E-state index in [0.717, 1.165) is 25.7 Å². The Hall–Kier alpha value is -1.09. The average molecular weight is 238 g/mol. The summed E-state index contributed by atoms with van der Waals surface area (Å²) in [6.07, 6.45) is 4.35. The molecule has 2 rings (SSSR count). The van der Waals surface area contributed by atoms with Crippen LogP contribution in [0, 0.1) is 11.7 Å². The predicted octanol–water partition coefficient (Wildman–Crippen LogP) is 2.93. The molecule has 1 aromatic carbocycles. The summed E-state index contributed by atoms with van der Waals surface area (Å²) >= 11 is 0. The lowest BCUT2D eigenvalue weighted by molar-refractivity contribution is 0.139. The highest BCUT2D eigenvalue weighted by Gasteiger charge is 2.28. The van der Waals surface area contributed by atoms with E-state index in [1.54, 1.807) is 18.2 Å². The molecule has 1 fully saturated rings. The molecule has 0 spiro atoms. The number of aliphatic hydroxyl groups excluding tert-OH is 1. The third kappa shape index (κ3) is 3.19. The summed E-state index contributed by atoms with van der Waals surface area (Å²) in [5.41, 5.74) is 0.673. The van der Waals surface area contributed by atoms with Gasteiger partial charge in [0.1, 0.15) is 0 Å². The van der Waals surface area contributed by atoms with Gasteiger partial charge in [-0.25, -0.2) is 4.39 Å². The summed E-state index contributed by atoms with van der Waals surface area (Å²) in [6.45, 7) is 0. The van der Waals surface area contributed by atoms with Gasteiger partial charge >= 0.3 is 0 Å². The van der Waals surface area contributed by atoms with Gasteiger partial charge in [0.25, 0.3) is 0 Å². The minimum atomic E-state index is -0.268. The first-order chi connectivity index (χ1) is 8.22. The molecular weight excluding hydrogens is 219 g/mol. The molecule has 0 radical (unpaired) electrons. The van der Waals surface area contributed by atoms with Crippen LogP contribution in [-0.2, 0) is 6.42 Å². The fraction of sp³-hybridized carbons (Fsp3) is 0.571. The standard InChI is InChI=1S/C14H19FO2/c1-17-13-7-3-5-11(14(13)15)4-2-6-12(16)10-8-9-10/h3,5,7,10,12,16H,2,4,6,8-9H2,1H3. The minimum Gasteiger partial charge on any atom is -0.494 e. The van der Waals surface area contributed by atoms with E-state index in [1.165, 1.54) is 7.11 Å². The molecular formula is C14H19FO2. The van der Waals surface area contributed by atoms with Crippen molar-refractivity contribution in [2.24, 2.45) is 5.92 Å². The normalized spacial score (nSPS) is 16.9. The Morgan fingerprint density at radius 2 is 2.24 bits per heavy atom. The molecule has 1 N–H and O–H groups in total. The number of ether oxygens (including phenoxy) is 1. The van der Waals surface area contributed by atoms with Gasteiger partial charge in [0, 0.05) is 0 Å². The molecule has 1 aliphatic rings. The molecule has 17 heavy (non-hydrogen) atoms. The van der Waals surface area contributed by atoms with Crippen LogP contribution in [0.2, 0.25) is 0 Å². The van der Waals surface area contributed by atoms with Crippen LogP contribution in [0.1, 0.15) is 31.2 Å². The largest absolute Gasteiger partial charge is 0.494 e. The highest BCUT2D eigenvalue weighted by atomic mass is 19.1. The van der Waals surface area contributed by atoms with Gasteiger partial charge in [-0.15, -0.1) is 0 Å². The van der Waals surface area contributed by atoms with E-state index in [-0.39, 0.29) is 11.9 Å². The molecule has 1 unspecified atom stereocenters. The van der Waals surface area contributed by atoms with Gasteiger partial charge < -0.3 is 9.84 Å². The molecule has 0 heterocycles. The molecule has 0 saturated heterocycles. The summed E-state index contributed by atoms with van der Waals surface area (Å²) in [7, 11) is 1.47. The third-order valence-electron chi connectivity index (χ3n) is 3.38. The number of halogens is 1. The minimum absolute atomic E-state index is 0.191. The van der Waals surface area contributed by atoms with Gasteiger partial charge in [-0.05, 0) is 49.7 Å². The van der Waals surface area contributed by atoms with Crippen molar-refractivity contribution in [2.45, 2.75) is 38.2 Å². The molecule has 1 aliphatic carbocycles. The summed E-state index contributed by atoms with van der Waals surface area (Å²) in [6, 6.07) is 5.20. The van der Waals surface area contributed by atoms with Crippen LogP contribution in [0.25, 0.3) is 0 Å². The highest BCUT2D eigenvalue weighted by molar-refractivity contribution is 5.31. The fourth-order valence-electron chi connectivity index (χ4n) is 2.13. The van der Waals surface area contributed by atoms with E-state index in [1.807, 2.05) is 0 Å².